The monoisotopic (exact) mass is 226 g/mol. The second-order valence-corrected chi connectivity index (χ2v) is 3.56. The Hall–Kier alpha value is -2.49. The summed E-state index contributed by atoms with van der Waals surface area (Å²) < 4.78 is 0. The number of nitrogens with one attached hydrogen (secondary N) is 1. The van der Waals surface area contributed by atoms with Gasteiger partial charge in [0.25, 0.3) is 0 Å². The van der Waals surface area contributed by atoms with Crippen molar-refractivity contribution in [3.63, 3.8) is 0 Å². The van der Waals surface area contributed by atoms with Crippen LogP contribution in [-0.4, -0.2) is 5.84 Å². The van der Waals surface area contributed by atoms with Gasteiger partial charge in [-0.1, -0.05) is 42.5 Å². The maximum Gasteiger partial charge on any atom is 0.150 e. The third-order valence-electron chi connectivity index (χ3n) is 2.33. The molecule has 0 atom stereocenters. The number of nitrogens with two attached hydrogens (primary N) is 2. The van der Waals surface area contributed by atoms with E-state index in [1.165, 1.54) is 0 Å². The van der Waals surface area contributed by atoms with E-state index in [2.05, 4.69) is 10.5 Å². The Bertz CT molecular complexity index is 520. The topological polar surface area (TPSA) is 76.4 Å². The lowest BCUT2D eigenvalue weighted by Gasteiger charge is -2.05. The van der Waals surface area contributed by atoms with Crippen LogP contribution >= 0.6 is 0 Å². The number of hydrazone groups is 1. The molecule has 0 bridgehead atoms. The van der Waals surface area contributed by atoms with Crippen molar-refractivity contribution in [3.05, 3.63) is 60.2 Å². The Morgan fingerprint density at radius 1 is 0.941 bits per heavy atom. The molecule has 0 saturated carbocycles. The molecule has 2 aromatic carbocycles. The summed E-state index contributed by atoms with van der Waals surface area (Å²) >= 11 is 0. The van der Waals surface area contributed by atoms with Crippen molar-refractivity contribution in [2.75, 3.05) is 11.2 Å². The maximum absolute atomic E-state index is 5.84. The van der Waals surface area contributed by atoms with Crippen LogP contribution in [-0.2, 0) is 0 Å². The maximum atomic E-state index is 5.84. The Morgan fingerprint density at radius 2 is 1.59 bits per heavy atom. The summed E-state index contributed by atoms with van der Waals surface area (Å²) in [4.78, 5) is 0. The Kier molecular flexibility index (Phi) is 3.25. The van der Waals surface area contributed by atoms with E-state index in [0.29, 0.717) is 11.5 Å². The first kappa shape index (κ1) is 11.0. The normalized spacial score (nSPS) is 11.2. The molecule has 0 heterocycles. The van der Waals surface area contributed by atoms with Crippen molar-refractivity contribution in [2.45, 2.75) is 0 Å². The molecular formula is C13H14N4. The van der Waals surface area contributed by atoms with Gasteiger partial charge in [-0.15, -0.1) is 0 Å². The van der Waals surface area contributed by atoms with Crippen LogP contribution < -0.4 is 16.9 Å². The van der Waals surface area contributed by atoms with E-state index in [4.69, 9.17) is 11.5 Å². The average Bonchev–Trinajstić information content (AvgIpc) is 2.38. The minimum atomic E-state index is 0.425. The van der Waals surface area contributed by atoms with Gasteiger partial charge in [-0.2, -0.15) is 5.10 Å². The first-order valence-corrected chi connectivity index (χ1v) is 5.26. The van der Waals surface area contributed by atoms with Crippen LogP contribution in [0.4, 0.5) is 11.4 Å². The molecular weight excluding hydrogens is 212 g/mol. The number of benzene rings is 2. The average molecular weight is 226 g/mol. The third kappa shape index (κ3) is 2.75. The molecule has 4 heteroatoms. The van der Waals surface area contributed by atoms with Crippen molar-refractivity contribution >= 4 is 17.2 Å². The molecule has 0 aliphatic rings. The molecule has 0 saturated heterocycles. The van der Waals surface area contributed by atoms with Gasteiger partial charge in [-0.05, 0) is 12.1 Å². The lowest BCUT2D eigenvalue weighted by molar-refractivity contribution is 1.31. The van der Waals surface area contributed by atoms with Crippen molar-refractivity contribution in [3.8, 4) is 0 Å². The molecule has 0 aliphatic heterocycles. The molecule has 86 valence electrons. The van der Waals surface area contributed by atoms with Crippen LogP contribution in [0.5, 0.6) is 0 Å². The Morgan fingerprint density at radius 3 is 2.29 bits per heavy atom. The van der Waals surface area contributed by atoms with Crippen molar-refractivity contribution in [1.29, 1.82) is 0 Å². The van der Waals surface area contributed by atoms with Crippen LogP contribution in [0.15, 0.2) is 59.7 Å². The highest BCUT2D eigenvalue weighted by Gasteiger charge is 1.98. The molecule has 2 rings (SSSR count). The zero-order valence-electron chi connectivity index (χ0n) is 9.30. The predicted molar refractivity (Wildman–Crippen MR) is 71.6 cm³/mol. The number of nitrogen functional groups attached to an aromatic ring is 1. The molecule has 0 aliphatic carbocycles. The van der Waals surface area contributed by atoms with E-state index >= 15 is 0 Å². The second kappa shape index (κ2) is 5.03. The summed E-state index contributed by atoms with van der Waals surface area (Å²) in [5.41, 5.74) is 16.7. The van der Waals surface area contributed by atoms with E-state index in [-0.39, 0.29) is 0 Å². The van der Waals surface area contributed by atoms with Gasteiger partial charge in [-0.25, -0.2) is 0 Å². The minimum absolute atomic E-state index is 0.425. The lowest BCUT2D eigenvalue weighted by Crippen LogP contribution is -2.15. The molecule has 0 spiro atoms. The first-order valence-electron chi connectivity index (χ1n) is 5.26. The quantitative estimate of drug-likeness (QED) is 0.324. The number of rotatable bonds is 3. The molecule has 17 heavy (non-hydrogen) atoms. The van der Waals surface area contributed by atoms with Crippen LogP contribution in [0, 0.1) is 0 Å². The summed E-state index contributed by atoms with van der Waals surface area (Å²) in [5.74, 6) is 0.425. The van der Waals surface area contributed by atoms with E-state index in [0.717, 1.165) is 11.3 Å². The standard InChI is InChI=1S/C13H14N4/c14-11-8-4-5-9-12(11)16-17-13(15)10-6-2-1-3-7-10/h1-9,16H,14H2,(H2,15,17). The van der Waals surface area contributed by atoms with Crippen molar-refractivity contribution < 1.29 is 0 Å². The lowest BCUT2D eigenvalue weighted by atomic mass is 10.2. The van der Waals surface area contributed by atoms with Crippen molar-refractivity contribution in [1.82, 2.24) is 0 Å². The molecule has 5 N–H and O–H groups in total. The highest BCUT2D eigenvalue weighted by Crippen LogP contribution is 2.16. The first-order chi connectivity index (χ1) is 8.27. The molecule has 0 unspecified atom stereocenters. The molecule has 0 radical (unpaired) electrons. The SMILES string of the molecule is N/C(=N/Nc1ccccc1N)c1ccccc1. The molecule has 0 amide bonds. The van der Waals surface area contributed by atoms with E-state index in [1.807, 2.05) is 48.5 Å². The summed E-state index contributed by atoms with van der Waals surface area (Å²) in [6.45, 7) is 0. The van der Waals surface area contributed by atoms with E-state index < -0.39 is 0 Å². The minimum Gasteiger partial charge on any atom is -0.397 e. The van der Waals surface area contributed by atoms with Gasteiger partial charge in [0.05, 0.1) is 11.4 Å². The zero-order valence-corrected chi connectivity index (χ0v) is 9.30. The second-order valence-electron chi connectivity index (χ2n) is 3.56. The summed E-state index contributed by atoms with van der Waals surface area (Å²) in [6.07, 6.45) is 0. The molecule has 0 fully saturated rings. The third-order valence-corrected chi connectivity index (χ3v) is 2.33. The number of para-hydroxylation sites is 2. The number of hydrogen-bond donors (Lipinski definition) is 3. The summed E-state index contributed by atoms with van der Waals surface area (Å²) in [7, 11) is 0. The highest BCUT2D eigenvalue weighted by atomic mass is 15.3. The Balaban J connectivity index is 2.14. The van der Waals surface area contributed by atoms with Crippen LogP contribution in [0.25, 0.3) is 0 Å². The summed E-state index contributed by atoms with van der Waals surface area (Å²) in [5, 5.41) is 4.09. The molecule has 2 aromatic rings. The number of hydrogen-bond acceptors (Lipinski definition) is 3. The largest absolute Gasteiger partial charge is 0.397 e. The van der Waals surface area contributed by atoms with E-state index in [1.54, 1.807) is 6.07 Å². The molecule has 0 aromatic heterocycles. The van der Waals surface area contributed by atoms with Gasteiger partial charge < -0.3 is 11.5 Å². The van der Waals surface area contributed by atoms with Gasteiger partial charge in [0, 0.05) is 5.56 Å². The molecule has 4 nitrogen and oxygen atoms in total. The van der Waals surface area contributed by atoms with Crippen LogP contribution in [0.2, 0.25) is 0 Å². The van der Waals surface area contributed by atoms with Crippen LogP contribution in [0.1, 0.15) is 5.56 Å². The smallest absolute Gasteiger partial charge is 0.150 e. The number of nitrogens with zero attached hydrogens (tertiary/aromatic N) is 1. The zero-order chi connectivity index (χ0) is 12.1. The van der Waals surface area contributed by atoms with Gasteiger partial charge in [0.2, 0.25) is 0 Å². The summed E-state index contributed by atoms with van der Waals surface area (Å²) in [6, 6.07) is 16.9. The van der Waals surface area contributed by atoms with Gasteiger partial charge in [0.15, 0.2) is 5.84 Å². The van der Waals surface area contributed by atoms with E-state index in [9.17, 15) is 0 Å². The Labute approximate surface area is 99.9 Å². The fourth-order valence-electron chi connectivity index (χ4n) is 1.39. The predicted octanol–water partition coefficient (Wildman–Crippen LogP) is 2.00. The van der Waals surface area contributed by atoms with Gasteiger partial charge in [0.1, 0.15) is 0 Å². The number of amidine groups is 1. The van der Waals surface area contributed by atoms with Crippen LogP contribution in [0.3, 0.4) is 0 Å². The van der Waals surface area contributed by atoms with Gasteiger partial charge in [-0.3, -0.25) is 5.43 Å². The highest BCUT2D eigenvalue weighted by molar-refractivity contribution is 5.97. The number of anilines is 2. The fourth-order valence-corrected chi connectivity index (χ4v) is 1.39. The van der Waals surface area contributed by atoms with Crippen molar-refractivity contribution in [2.24, 2.45) is 10.8 Å². The fraction of sp³-hybridized carbons (Fsp3) is 0. The van der Waals surface area contributed by atoms with Gasteiger partial charge >= 0.3 is 0 Å².